The number of nitrogens with two attached hydrogens (primary N) is 1. The number of aliphatic carboxylic acids is 2. The molecule has 1 atom stereocenters. The molecule has 0 aliphatic rings. The van der Waals surface area contributed by atoms with Crippen molar-refractivity contribution in [1.29, 1.82) is 0 Å². The van der Waals surface area contributed by atoms with Crippen LogP contribution in [-0.2, 0) is 9.59 Å². The van der Waals surface area contributed by atoms with Crippen LogP contribution in [0.2, 0.25) is 0 Å². The van der Waals surface area contributed by atoms with Crippen molar-refractivity contribution in [3.63, 3.8) is 0 Å². The fourth-order valence-electron chi connectivity index (χ4n) is 1.40. The molecule has 11 heteroatoms. The summed E-state index contributed by atoms with van der Waals surface area (Å²) in [6.45, 7) is -0.544. The second kappa shape index (κ2) is 9.45. The number of ether oxygens (including phenoxy) is 2. The Kier molecular flexibility index (Phi) is 8.39. The van der Waals surface area contributed by atoms with Gasteiger partial charge in [0, 0.05) is 18.3 Å². The zero-order valence-electron chi connectivity index (χ0n) is 12.8. The number of alkyl halides is 3. The van der Waals surface area contributed by atoms with E-state index >= 15 is 0 Å². The van der Waals surface area contributed by atoms with E-state index in [4.69, 9.17) is 35.0 Å². The first-order valence-electron chi connectivity index (χ1n) is 6.28. The van der Waals surface area contributed by atoms with E-state index in [9.17, 15) is 13.2 Å². The number of hydrogen-bond acceptors (Lipinski definition) is 6. The lowest BCUT2D eigenvalue weighted by Gasteiger charge is -2.21. The molecule has 0 heterocycles. The highest BCUT2D eigenvalue weighted by Crippen LogP contribution is 2.31. The lowest BCUT2D eigenvalue weighted by molar-refractivity contribution is -0.159. The molecular formula is C13H17F3N2O6. The van der Waals surface area contributed by atoms with Crippen LogP contribution in [0.5, 0.6) is 11.5 Å². The maximum absolute atomic E-state index is 12.5. The minimum Gasteiger partial charge on any atom is -0.493 e. The summed E-state index contributed by atoms with van der Waals surface area (Å²) in [5.41, 5.74) is 5.36. The molecule has 0 spiro atoms. The molecule has 0 bridgehead atoms. The number of halogens is 3. The topological polar surface area (TPSA) is 131 Å². The van der Waals surface area contributed by atoms with Crippen molar-refractivity contribution in [1.82, 2.24) is 0 Å². The molecule has 0 radical (unpaired) electrons. The summed E-state index contributed by atoms with van der Waals surface area (Å²) in [5.74, 6) is -2.86. The molecule has 0 saturated carbocycles. The Morgan fingerprint density at radius 2 is 1.67 bits per heavy atom. The van der Waals surface area contributed by atoms with Crippen molar-refractivity contribution >= 4 is 17.6 Å². The summed E-state index contributed by atoms with van der Waals surface area (Å²) in [4.78, 5) is 18.2. The third kappa shape index (κ3) is 7.05. The van der Waals surface area contributed by atoms with Gasteiger partial charge in [0.2, 0.25) is 0 Å². The third-order valence-corrected chi connectivity index (χ3v) is 2.54. The minimum absolute atomic E-state index is 0.264. The van der Waals surface area contributed by atoms with E-state index in [1.54, 1.807) is 0 Å². The maximum Gasteiger partial charge on any atom is 0.414 e. The van der Waals surface area contributed by atoms with Crippen LogP contribution in [0.3, 0.4) is 0 Å². The van der Waals surface area contributed by atoms with E-state index in [0.717, 1.165) is 0 Å². The van der Waals surface area contributed by atoms with Crippen LogP contribution >= 0.6 is 0 Å². The van der Waals surface area contributed by atoms with Gasteiger partial charge in [0.15, 0.2) is 11.5 Å². The van der Waals surface area contributed by atoms with Crippen LogP contribution < -0.4 is 20.5 Å². The molecule has 0 saturated heterocycles. The highest BCUT2D eigenvalue weighted by Gasteiger charge is 2.38. The SMILES string of the molecule is COc1ccc(NC(CN)C(F)(F)F)cc1OC.O=C(O)C(=O)O. The summed E-state index contributed by atoms with van der Waals surface area (Å²) in [7, 11) is 2.86. The van der Waals surface area contributed by atoms with Gasteiger partial charge in [-0.2, -0.15) is 13.2 Å². The number of nitrogens with one attached hydrogen (secondary N) is 1. The second-order valence-electron chi connectivity index (χ2n) is 4.15. The normalized spacial score (nSPS) is 11.6. The van der Waals surface area contributed by atoms with Crippen LogP contribution in [0, 0.1) is 0 Å². The van der Waals surface area contributed by atoms with Gasteiger partial charge in [0.05, 0.1) is 14.2 Å². The van der Waals surface area contributed by atoms with Crippen LogP contribution in [0.25, 0.3) is 0 Å². The van der Waals surface area contributed by atoms with Crippen molar-refractivity contribution in [2.75, 3.05) is 26.1 Å². The van der Waals surface area contributed by atoms with Gasteiger partial charge < -0.3 is 30.7 Å². The molecule has 1 rings (SSSR count). The van der Waals surface area contributed by atoms with E-state index in [1.807, 2.05) is 0 Å². The zero-order chi connectivity index (χ0) is 18.9. The molecule has 5 N–H and O–H groups in total. The van der Waals surface area contributed by atoms with Crippen LogP contribution in [0.1, 0.15) is 0 Å². The Morgan fingerprint density at radius 1 is 1.17 bits per heavy atom. The van der Waals surface area contributed by atoms with E-state index in [0.29, 0.717) is 11.5 Å². The molecule has 1 aromatic rings. The van der Waals surface area contributed by atoms with E-state index < -0.39 is 30.7 Å². The average Bonchev–Trinajstić information content (AvgIpc) is 2.51. The van der Waals surface area contributed by atoms with Crippen molar-refractivity contribution in [2.24, 2.45) is 5.73 Å². The summed E-state index contributed by atoms with van der Waals surface area (Å²) in [6.07, 6.45) is -4.40. The minimum atomic E-state index is -4.40. The predicted molar refractivity (Wildman–Crippen MR) is 77.3 cm³/mol. The predicted octanol–water partition coefficient (Wildman–Crippen LogP) is 1.16. The van der Waals surface area contributed by atoms with Gasteiger partial charge in [-0.3, -0.25) is 0 Å². The van der Waals surface area contributed by atoms with Gasteiger partial charge in [-0.25, -0.2) is 9.59 Å². The molecule has 24 heavy (non-hydrogen) atoms. The molecule has 8 nitrogen and oxygen atoms in total. The van der Waals surface area contributed by atoms with Crippen molar-refractivity contribution in [2.45, 2.75) is 12.2 Å². The molecule has 1 unspecified atom stereocenters. The molecule has 136 valence electrons. The van der Waals surface area contributed by atoms with Crippen molar-refractivity contribution < 1.29 is 42.4 Å². The van der Waals surface area contributed by atoms with Gasteiger partial charge in [0.25, 0.3) is 0 Å². The lowest BCUT2D eigenvalue weighted by Crippen LogP contribution is -2.42. The number of benzene rings is 1. The highest BCUT2D eigenvalue weighted by atomic mass is 19.4. The van der Waals surface area contributed by atoms with Crippen LogP contribution in [0.4, 0.5) is 18.9 Å². The van der Waals surface area contributed by atoms with Gasteiger partial charge in [-0.15, -0.1) is 0 Å². The number of methoxy groups -OCH3 is 2. The number of carboxylic acids is 2. The number of carbonyl (C=O) groups is 2. The Bertz CT molecular complexity index is 553. The molecule has 0 aliphatic heterocycles. The Hall–Kier alpha value is -2.69. The number of anilines is 1. The number of carboxylic acid groups (broad SMARTS) is 2. The smallest absolute Gasteiger partial charge is 0.414 e. The highest BCUT2D eigenvalue weighted by molar-refractivity contribution is 6.27. The van der Waals surface area contributed by atoms with Gasteiger partial charge >= 0.3 is 18.1 Å². The summed E-state index contributed by atoms with van der Waals surface area (Å²) >= 11 is 0. The maximum atomic E-state index is 12.5. The summed E-state index contributed by atoms with van der Waals surface area (Å²) in [6, 6.07) is 2.62. The first kappa shape index (κ1) is 21.3. The summed E-state index contributed by atoms with van der Waals surface area (Å²) < 4.78 is 47.6. The average molecular weight is 354 g/mol. The van der Waals surface area contributed by atoms with E-state index in [2.05, 4.69) is 5.32 Å². The second-order valence-corrected chi connectivity index (χ2v) is 4.15. The molecule has 0 fully saturated rings. The van der Waals surface area contributed by atoms with E-state index in [-0.39, 0.29) is 5.69 Å². The van der Waals surface area contributed by atoms with Gasteiger partial charge in [-0.1, -0.05) is 0 Å². The fourth-order valence-corrected chi connectivity index (χ4v) is 1.40. The lowest BCUT2D eigenvalue weighted by atomic mass is 10.2. The zero-order valence-corrected chi connectivity index (χ0v) is 12.8. The Labute approximate surface area is 135 Å². The van der Waals surface area contributed by atoms with Crippen LogP contribution in [-0.4, -0.2) is 55.1 Å². The van der Waals surface area contributed by atoms with E-state index in [1.165, 1.54) is 32.4 Å². The molecule has 0 amide bonds. The Balaban J connectivity index is 0.000000754. The largest absolute Gasteiger partial charge is 0.493 e. The first-order chi connectivity index (χ1) is 11.1. The van der Waals surface area contributed by atoms with Gasteiger partial charge in [-0.05, 0) is 12.1 Å². The number of rotatable bonds is 5. The van der Waals surface area contributed by atoms with Gasteiger partial charge in [0.1, 0.15) is 6.04 Å². The molecular weight excluding hydrogens is 337 g/mol. The fraction of sp³-hybridized carbons (Fsp3) is 0.385. The van der Waals surface area contributed by atoms with Crippen molar-refractivity contribution in [3.8, 4) is 11.5 Å². The monoisotopic (exact) mass is 354 g/mol. The van der Waals surface area contributed by atoms with Crippen molar-refractivity contribution in [3.05, 3.63) is 18.2 Å². The molecule has 1 aromatic carbocycles. The molecule has 0 aromatic heterocycles. The Morgan fingerprint density at radius 3 is 2.00 bits per heavy atom. The standard InChI is InChI=1S/C11H15F3N2O2.C2H2O4/c1-17-8-4-3-7(5-9(8)18-2)16-10(6-15)11(12,13)14;3-1(4)2(5)6/h3-5,10,16H,6,15H2,1-2H3;(H,3,4)(H,5,6). The number of hydrogen-bond donors (Lipinski definition) is 4. The summed E-state index contributed by atoms with van der Waals surface area (Å²) in [5, 5.41) is 17.1. The van der Waals surface area contributed by atoms with Crippen LogP contribution in [0.15, 0.2) is 18.2 Å². The third-order valence-electron chi connectivity index (χ3n) is 2.54. The molecule has 0 aliphatic carbocycles. The first-order valence-corrected chi connectivity index (χ1v) is 6.28. The quantitative estimate of drug-likeness (QED) is 0.580.